The molecule has 112 valence electrons. The van der Waals surface area contributed by atoms with Crippen LogP contribution in [0.5, 0.6) is 0 Å². The van der Waals surface area contributed by atoms with Crippen molar-refractivity contribution in [2.75, 3.05) is 18.5 Å². The third-order valence-corrected chi connectivity index (χ3v) is 3.25. The van der Waals surface area contributed by atoms with Crippen molar-refractivity contribution in [1.82, 2.24) is 0 Å². The Morgan fingerprint density at radius 3 is 2.45 bits per heavy atom. The molecule has 1 aromatic carbocycles. The lowest BCUT2D eigenvalue weighted by Crippen LogP contribution is -2.24. The predicted molar refractivity (Wildman–Crippen MR) is 86.1 cm³/mol. The van der Waals surface area contributed by atoms with Crippen molar-refractivity contribution in [3.63, 3.8) is 0 Å². The van der Waals surface area contributed by atoms with Crippen molar-refractivity contribution >= 4 is 11.6 Å². The number of aliphatic hydroxyl groups excluding tert-OH is 1. The van der Waals surface area contributed by atoms with E-state index >= 15 is 0 Å². The molecule has 20 heavy (non-hydrogen) atoms. The second-order valence-electron chi connectivity index (χ2n) is 5.39. The number of benzene rings is 1. The molecule has 4 N–H and O–H groups in total. The van der Waals surface area contributed by atoms with Gasteiger partial charge in [-0.25, -0.2) is 0 Å². The number of aliphatic imine (C=N–C) groups is 1. The Labute approximate surface area is 122 Å². The maximum Gasteiger partial charge on any atom is 0.193 e. The summed E-state index contributed by atoms with van der Waals surface area (Å²) in [6.07, 6.45) is 2.96. The molecule has 0 aliphatic carbocycles. The highest BCUT2D eigenvalue weighted by atomic mass is 16.3. The first-order valence-electron chi connectivity index (χ1n) is 7.31. The number of anilines is 1. The molecule has 0 spiro atoms. The summed E-state index contributed by atoms with van der Waals surface area (Å²) in [6.45, 7) is 7.14. The average molecular weight is 277 g/mol. The van der Waals surface area contributed by atoms with Crippen LogP contribution in [-0.2, 0) is 0 Å². The molecule has 0 aliphatic rings. The maximum atomic E-state index is 9.03. The predicted octanol–water partition coefficient (Wildman–Crippen LogP) is 2.83. The van der Waals surface area contributed by atoms with E-state index in [9.17, 15) is 0 Å². The smallest absolute Gasteiger partial charge is 0.193 e. The third kappa shape index (κ3) is 6.06. The van der Waals surface area contributed by atoms with E-state index in [1.165, 1.54) is 11.1 Å². The third-order valence-electron chi connectivity index (χ3n) is 3.25. The van der Waals surface area contributed by atoms with E-state index in [2.05, 4.69) is 37.1 Å². The Hall–Kier alpha value is -1.55. The lowest BCUT2D eigenvalue weighted by molar-refractivity contribution is 0.253. The molecule has 1 unspecified atom stereocenters. The van der Waals surface area contributed by atoms with E-state index in [-0.39, 0.29) is 6.61 Å². The molecule has 0 fully saturated rings. The summed E-state index contributed by atoms with van der Waals surface area (Å²) in [5.74, 6) is 0.846. The molecule has 0 bridgehead atoms. The lowest BCUT2D eigenvalue weighted by atomic mass is 10.0. The Morgan fingerprint density at radius 1 is 1.25 bits per heavy atom. The standard InChI is InChI=1S/C16H27N3O/c1-4-5-14(6-7-20)11-18-16(17)19-15-9-12(2)8-13(3)10-15/h8-10,14,20H,4-7,11H2,1-3H3,(H3,17,18,19). The number of hydrogen-bond acceptors (Lipinski definition) is 2. The normalized spacial score (nSPS) is 13.3. The topological polar surface area (TPSA) is 70.6 Å². The van der Waals surface area contributed by atoms with Gasteiger partial charge in [0.25, 0.3) is 0 Å². The van der Waals surface area contributed by atoms with Crippen molar-refractivity contribution < 1.29 is 5.11 Å². The van der Waals surface area contributed by atoms with Crippen molar-refractivity contribution in [3.8, 4) is 0 Å². The van der Waals surface area contributed by atoms with Crippen LogP contribution in [0.15, 0.2) is 23.2 Å². The number of aliphatic hydroxyl groups is 1. The van der Waals surface area contributed by atoms with Gasteiger partial charge < -0.3 is 16.2 Å². The van der Waals surface area contributed by atoms with Gasteiger partial charge in [-0.3, -0.25) is 4.99 Å². The quantitative estimate of drug-likeness (QED) is 0.530. The van der Waals surface area contributed by atoms with Gasteiger partial charge in [-0.05, 0) is 55.9 Å². The van der Waals surface area contributed by atoms with Crippen LogP contribution in [0.1, 0.15) is 37.3 Å². The SMILES string of the molecule is CCCC(CCO)CN=C(N)Nc1cc(C)cc(C)c1. The second-order valence-corrected chi connectivity index (χ2v) is 5.39. The molecule has 0 amide bonds. The fourth-order valence-electron chi connectivity index (χ4n) is 2.38. The number of hydrogen-bond donors (Lipinski definition) is 3. The number of rotatable bonds is 7. The fourth-order valence-corrected chi connectivity index (χ4v) is 2.38. The Balaban J connectivity index is 2.59. The van der Waals surface area contributed by atoms with Crippen LogP contribution in [0.2, 0.25) is 0 Å². The first-order valence-corrected chi connectivity index (χ1v) is 7.31. The highest BCUT2D eigenvalue weighted by Crippen LogP contribution is 2.14. The van der Waals surface area contributed by atoms with E-state index in [1.807, 2.05) is 12.1 Å². The summed E-state index contributed by atoms with van der Waals surface area (Å²) < 4.78 is 0. The van der Waals surface area contributed by atoms with Crippen LogP contribution in [0.25, 0.3) is 0 Å². The summed E-state index contributed by atoms with van der Waals surface area (Å²) in [6, 6.07) is 6.22. The zero-order chi connectivity index (χ0) is 15.0. The van der Waals surface area contributed by atoms with Crippen LogP contribution >= 0.6 is 0 Å². The molecule has 4 heteroatoms. The van der Waals surface area contributed by atoms with Crippen molar-refractivity contribution in [3.05, 3.63) is 29.3 Å². The average Bonchev–Trinajstić information content (AvgIpc) is 2.35. The molecule has 0 aromatic heterocycles. The molecular weight excluding hydrogens is 250 g/mol. The molecule has 0 aliphatic heterocycles. The van der Waals surface area contributed by atoms with Gasteiger partial charge in [0, 0.05) is 18.8 Å². The van der Waals surface area contributed by atoms with E-state index in [0.717, 1.165) is 24.9 Å². The molecular formula is C16H27N3O. The number of nitrogens with one attached hydrogen (secondary N) is 1. The molecule has 0 heterocycles. The first kappa shape index (κ1) is 16.5. The minimum absolute atomic E-state index is 0.213. The zero-order valence-corrected chi connectivity index (χ0v) is 12.8. The van der Waals surface area contributed by atoms with Crippen molar-refractivity contribution in [2.24, 2.45) is 16.6 Å². The number of nitrogens with two attached hydrogens (primary N) is 1. The Morgan fingerprint density at radius 2 is 1.90 bits per heavy atom. The van der Waals surface area contributed by atoms with Crippen molar-refractivity contribution in [2.45, 2.75) is 40.0 Å². The van der Waals surface area contributed by atoms with Gasteiger partial charge in [0.15, 0.2) is 5.96 Å². The van der Waals surface area contributed by atoms with Gasteiger partial charge in [-0.2, -0.15) is 0 Å². The van der Waals surface area contributed by atoms with Crippen LogP contribution < -0.4 is 11.1 Å². The molecule has 0 saturated heterocycles. The van der Waals surface area contributed by atoms with Crippen molar-refractivity contribution in [1.29, 1.82) is 0 Å². The molecule has 4 nitrogen and oxygen atoms in total. The van der Waals surface area contributed by atoms with Gasteiger partial charge >= 0.3 is 0 Å². The summed E-state index contributed by atoms with van der Waals surface area (Å²) in [5.41, 5.74) is 9.29. The van der Waals surface area contributed by atoms with Crippen LogP contribution in [0, 0.1) is 19.8 Å². The highest BCUT2D eigenvalue weighted by Gasteiger charge is 2.06. The van der Waals surface area contributed by atoms with Crippen LogP contribution in [0.4, 0.5) is 5.69 Å². The van der Waals surface area contributed by atoms with Gasteiger partial charge in [-0.1, -0.05) is 19.4 Å². The number of aryl methyl sites for hydroxylation is 2. The molecule has 1 rings (SSSR count). The maximum absolute atomic E-state index is 9.03. The largest absolute Gasteiger partial charge is 0.396 e. The first-order chi connectivity index (χ1) is 9.55. The lowest BCUT2D eigenvalue weighted by Gasteiger charge is -2.13. The molecule has 1 atom stereocenters. The Bertz CT molecular complexity index is 417. The monoisotopic (exact) mass is 277 g/mol. The van der Waals surface area contributed by atoms with Gasteiger partial charge in [0.1, 0.15) is 0 Å². The highest BCUT2D eigenvalue weighted by molar-refractivity contribution is 5.92. The summed E-state index contributed by atoms with van der Waals surface area (Å²) in [4.78, 5) is 4.39. The van der Waals surface area contributed by atoms with Gasteiger partial charge in [-0.15, -0.1) is 0 Å². The zero-order valence-electron chi connectivity index (χ0n) is 12.8. The minimum atomic E-state index is 0.213. The van der Waals surface area contributed by atoms with E-state index in [1.54, 1.807) is 0 Å². The van der Waals surface area contributed by atoms with Gasteiger partial charge in [0.05, 0.1) is 0 Å². The number of nitrogens with zero attached hydrogens (tertiary/aromatic N) is 1. The van der Waals surface area contributed by atoms with E-state index in [0.29, 0.717) is 18.4 Å². The molecule has 0 radical (unpaired) electrons. The molecule has 1 aromatic rings. The minimum Gasteiger partial charge on any atom is -0.396 e. The van der Waals surface area contributed by atoms with Crippen LogP contribution in [0.3, 0.4) is 0 Å². The van der Waals surface area contributed by atoms with E-state index in [4.69, 9.17) is 10.8 Å². The summed E-state index contributed by atoms with van der Waals surface area (Å²) >= 11 is 0. The number of guanidine groups is 1. The van der Waals surface area contributed by atoms with Crippen LogP contribution in [-0.4, -0.2) is 24.2 Å². The van der Waals surface area contributed by atoms with Gasteiger partial charge in [0.2, 0.25) is 0 Å². The summed E-state index contributed by atoms with van der Waals surface area (Å²) in [5, 5.41) is 12.2. The second kappa shape index (κ2) is 8.59. The fraction of sp³-hybridized carbons (Fsp3) is 0.562. The Kier molecular flexibility index (Phi) is 7.09. The molecule has 0 saturated carbocycles. The van der Waals surface area contributed by atoms with E-state index < -0.39 is 0 Å². The summed E-state index contributed by atoms with van der Waals surface area (Å²) in [7, 11) is 0.